The van der Waals surface area contributed by atoms with E-state index >= 15 is 0 Å². The molecule has 1 aromatic heterocycles. The molecule has 0 saturated heterocycles. The highest BCUT2D eigenvalue weighted by molar-refractivity contribution is 7.09. The van der Waals surface area contributed by atoms with Crippen LogP contribution >= 0.6 is 22.9 Å². The molecule has 1 aromatic carbocycles. The average Bonchev–Trinajstić information content (AvgIpc) is 2.85. The lowest BCUT2D eigenvalue weighted by molar-refractivity contribution is 0.185. The van der Waals surface area contributed by atoms with Crippen LogP contribution in [0.2, 0.25) is 5.02 Å². The van der Waals surface area contributed by atoms with Gasteiger partial charge in [0.05, 0.1) is 6.61 Å². The van der Waals surface area contributed by atoms with E-state index in [-0.39, 0.29) is 6.61 Å². The summed E-state index contributed by atoms with van der Waals surface area (Å²) in [6, 6.07) is 12.0. The Labute approximate surface area is 116 Å². The number of rotatable bonds is 6. The van der Waals surface area contributed by atoms with E-state index in [2.05, 4.69) is 16.3 Å². The predicted molar refractivity (Wildman–Crippen MR) is 77.0 cm³/mol. The van der Waals surface area contributed by atoms with Gasteiger partial charge < -0.3 is 5.11 Å². The van der Waals surface area contributed by atoms with Crippen LogP contribution in [0.5, 0.6) is 0 Å². The monoisotopic (exact) mass is 281 g/mol. The minimum atomic E-state index is 0.163. The first-order valence-corrected chi connectivity index (χ1v) is 7.14. The summed E-state index contributed by atoms with van der Waals surface area (Å²) < 4.78 is 0. The highest BCUT2D eigenvalue weighted by Gasteiger charge is 2.09. The summed E-state index contributed by atoms with van der Waals surface area (Å²) in [6.07, 6.45) is 0. The maximum atomic E-state index is 9.14. The lowest BCUT2D eigenvalue weighted by atomic mass is 10.2. The number of nitrogens with zero attached hydrogens (tertiary/aromatic N) is 1. The van der Waals surface area contributed by atoms with Gasteiger partial charge in [0.15, 0.2) is 0 Å². The Morgan fingerprint density at radius 2 is 1.94 bits per heavy atom. The Morgan fingerprint density at radius 1 is 1.11 bits per heavy atom. The topological polar surface area (TPSA) is 23.5 Å². The Hall–Kier alpha value is -0.870. The van der Waals surface area contributed by atoms with Crippen molar-refractivity contribution in [3.63, 3.8) is 0 Å². The highest BCUT2D eigenvalue weighted by Crippen LogP contribution is 2.19. The van der Waals surface area contributed by atoms with Crippen molar-refractivity contribution in [2.75, 3.05) is 13.2 Å². The molecule has 0 atom stereocenters. The van der Waals surface area contributed by atoms with E-state index in [0.29, 0.717) is 6.54 Å². The van der Waals surface area contributed by atoms with Crippen molar-refractivity contribution in [1.82, 2.24) is 4.90 Å². The molecule has 2 nitrogen and oxygen atoms in total. The molecule has 0 radical (unpaired) electrons. The number of aliphatic hydroxyl groups is 1. The molecule has 4 heteroatoms. The predicted octanol–water partition coefficient (Wildman–Crippen LogP) is 3.40. The molecule has 0 unspecified atom stereocenters. The van der Waals surface area contributed by atoms with Crippen LogP contribution < -0.4 is 0 Å². The Kier molecular flexibility index (Phi) is 5.20. The third-order valence-electron chi connectivity index (χ3n) is 2.73. The average molecular weight is 282 g/mol. The molecule has 2 rings (SSSR count). The molecule has 0 aliphatic rings. The summed E-state index contributed by atoms with van der Waals surface area (Å²) in [5.41, 5.74) is 1.10. The minimum absolute atomic E-state index is 0.163. The SMILES string of the molecule is OCCN(Cc1cccs1)Cc1ccccc1Cl. The van der Waals surface area contributed by atoms with Gasteiger partial charge in [-0.1, -0.05) is 35.9 Å². The fraction of sp³-hybridized carbons (Fsp3) is 0.286. The van der Waals surface area contributed by atoms with Crippen LogP contribution in [0.15, 0.2) is 41.8 Å². The van der Waals surface area contributed by atoms with E-state index in [9.17, 15) is 0 Å². The zero-order valence-electron chi connectivity index (χ0n) is 10.1. The third kappa shape index (κ3) is 3.82. The van der Waals surface area contributed by atoms with Crippen LogP contribution in [0.3, 0.4) is 0 Å². The number of halogens is 1. The van der Waals surface area contributed by atoms with Gasteiger partial charge in [-0.15, -0.1) is 11.3 Å². The summed E-state index contributed by atoms with van der Waals surface area (Å²) in [5.74, 6) is 0. The van der Waals surface area contributed by atoms with Crippen LogP contribution in [0.4, 0.5) is 0 Å². The molecule has 0 aliphatic heterocycles. The van der Waals surface area contributed by atoms with Crippen molar-refractivity contribution in [3.05, 3.63) is 57.2 Å². The van der Waals surface area contributed by atoms with Gasteiger partial charge in [0, 0.05) is 29.5 Å². The van der Waals surface area contributed by atoms with Crippen molar-refractivity contribution in [2.45, 2.75) is 13.1 Å². The molecular weight excluding hydrogens is 266 g/mol. The van der Waals surface area contributed by atoms with E-state index in [1.807, 2.05) is 30.3 Å². The fourth-order valence-corrected chi connectivity index (χ4v) is 2.79. The Morgan fingerprint density at radius 3 is 2.61 bits per heavy atom. The first kappa shape index (κ1) is 13.6. The molecule has 0 fully saturated rings. The molecule has 18 heavy (non-hydrogen) atoms. The quantitative estimate of drug-likeness (QED) is 0.877. The van der Waals surface area contributed by atoms with Crippen LogP contribution in [0.1, 0.15) is 10.4 Å². The van der Waals surface area contributed by atoms with E-state index < -0.39 is 0 Å². The number of thiophene rings is 1. The van der Waals surface area contributed by atoms with Gasteiger partial charge in [-0.3, -0.25) is 4.90 Å². The second-order valence-corrected chi connectivity index (χ2v) is 5.54. The Bertz CT molecular complexity index is 472. The molecule has 0 amide bonds. The maximum Gasteiger partial charge on any atom is 0.0558 e. The third-order valence-corrected chi connectivity index (χ3v) is 3.96. The molecule has 96 valence electrons. The second kappa shape index (κ2) is 6.90. The number of benzene rings is 1. The summed E-state index contributed by atoms with van der Waals surface area (Å²) in [5, 5.41) is 12.0. The number of hydrogen-bond donors (Lipinski definition) is 1. The van der Waals surface area contributed by atoms with Crippen LogP contribution in [-0.4, -0.2) is 23.2 Å². The van der Waals surface area contributed by atoms with Crippen molar-refractivity contribution >= 4 is 22.9 Å². The molecular formula is C14H16ClNOS. The zero-order chi connectivity index (χ0) is 12.8. The van der Waals surface area contributed by atoms with Gasteiger partial charge in [-0.05, 0) is 23.1 Å². The van der Waals surface area contributed by atoms with Gasteiger partial charge >= 0.3 is 0 Å². The molecule has 0 bridgehead atoms. The molecule has 0 aliphatic carbocycles. The molecule has 1 N–H and O–H groups in total. The first-order valence-electron chi connectivity index (χ1n) is 5.88. The van der Waals surface area contributed by atoms with Gasteiger partial charge in [0.25, 0.3) is 0 Å². The summed E-state index contributed by atoms with van der Waals surface area (Å²) >= 11 is 7.90. The van der Waals surface area contributed by atoms with E-state index in [1.54, 1.807) is 11.3 Å². The summed E-state index contributed by atoms with van der Waals surface area (Å²) in [4.78, 5) is 3.50. The first-order chi connectivity index (χ1) is 8.79. The molecule has 1 heterocycles. The largest absolute Gasteiger partial charge is 0.395 e. The van der Waals surface area contributed by atoms with Crippen LogP contribution in [0, 0.1) is 0 Å². The van der Waals surface area contributed by atoms with E-state index in [4.69, 9.17) is 16.7 Å². The summed E-state index contributed by atoms with van der Waals surface area (Å²) in [7, 11) is 0. The lowest BCUT2D eigenvalue weighted by Crippen LogP contribution is -2.25. The Balaban J connectivity index is 2.04. The van der Waals surface area contributed by atoms with Crippen LogP contribution in [0.25, 0.3) is 0 Å². The standard InChI is InChI=1S/C14H16ClNOS/c15-14-6-2-1-4-12(14)10-16(7-8-17)11-13-5-3-9-18-13/h1-6,9,17H,7-8,10-11H2. The molecule has 0 spiro atoms. The van der Waals surface area contributed by atoms with Crippen molar-refractivity contribution < 1.29 is 5.11 Å². The van der Waals surface area contributed by atoms with Gasteiger partial charge in [0.2, 0.25) is 0 Å². The second-order valence-electron chi connectivity index (χ2n) is 4.11. The number of aliphatic hydroxyl groups excluding tert-OH is 1. The summed E-state index contributed by atoms with van der Waals surface area (Å²) in [6.45, 7) is 2.43. The van der Waals surface area contributed by atoms with E-state index in [0.717, 1.165) is 23.7 Å². The molecule has 0 saturated carbocycles. The minimum Gasteiger partial charge on any atom is -0.395 e. The van der Waals surface area contributed by atoms with E-state index in [1.165, 1.54) is 4.88 Å². The van der Waals surface area contributed by atoms with Crippen molar-refractivity contribution in [3.8, 4) is 0 Å². The smallest absolute Gasteiger partial charge is 0.0558 e. The number of hydrogen-bond acceptors (Lipinski definition) is 3. The van der Waals surface area contributed by atoms with Gasteiger partial charge in [-0.25, -0.2) is 0 Å². The van der Waals surface area contributed by atoms with Crippen molar-refractivity contribution in [2.24, 2.45) is 0 Å². The molecule has 2 aromatic rings. The van der Waals surface area contributed by atoms with Crippen LogP contribution in [-0.2, 0) is 13.1 Å². The highest BCUT2D eigenvalue weighted by atomic mass is 35.5. The lowest BCUT2D eigenvalue weighted by Gasteiger charge is -2.21. The zero-order valence-corrected chi connectivity index (χ0v) is 11.6. The van der Waals surface area contributed by atoms with Crippen molar-refractivity contribution in [1.29, 1.82) is 0 Å². The maximum absolute atomic E-state index is 9.14. The fourth-order valence-electron chi connectivity index (χ4n) is 1.85. The van der Waals surface area contributed by atoms with Gasteiger partial charge in [0.1, 0.15) is 0 Å². The normalized spacial score (nSPS) is 11.1. The van der Waals surface area contributed by atoms with Gasteiger partial charge in [-0.2, -0.15) is 0 Å².